The van der Waals surface area contributed by atoms with Crippen molar-refractivity contribution in [3.05, 3.63) is 42.2 Å². The maximum absolute atomic E-state index is 12.9. The summed E-state index contributed by atoms with van der Waals surface area (Å²) in [5.74, 6) is 0.502. The minimum atomic E-state index is -0.0717. The lowest BCUT2D eigenvalue weighted by Gasteiger charge is -2.24. The minimum absolute atomic E-state index is 0.0281. The van der Waals surface area contributed by atoms with Gasteiger partial charge in [0.25, 0.3) is 5.91 Å². The first kappa shape index (κ1) is 18.7. The lowest BCUT2D eigenvalue weighted by atomic mass is 9.86. The third-order valence-corrected chi connectivity index (χ3v) is 5.96. The van der Waals surface area contributed by atoms with Crippen LogP contribution in [0.4, 0.5) is 5.95 Å². The van der Waals surface area contributed by atoms with E-state index in [0.29, 0.717) is 11.5 Å². The third kappa shape index (κ3) is 3.82. The lowest BCUT2D eigenvalue weighted by molar-refractivity contribution is 0.0772. The highest BCUT2D eigenvalue weighted by Crippen LogP contribution is 2.39. The van der Waals surface area contributed by atoms with E-state index < -0.39 is 0 Å². The van der Waals surface area contributed by atoms with Crippen molar-refractivity contribution in [2.75, 3.05) is 38.0 Å². The molecule has 1 spiro atoms. The molecule has 2 aromatic rings. The second-order valence-electron chi connectivity index (χ2n) is 7.89. The molecular formula is C20H27N7O. The molecule has 2 fully saturated rings. The average molecular weight is 381 g/mol. The van der Waals surface area contributed by atoms with E-state index in [1.807, 2.05) is 11.8 Å². The third-order valence-electron chi connectivity index (χ3n) is 5.96. The molecule has 4 heterocycles. The standard InChI is InChI=1S/C20H27N7O/c1-3-26-8-4-20(13-26)5-9-27(14-20)18(28)16-10-23-19(24-11-16)25-15(2)17-12-21-6-7-22-17/h6-7,10-12,15H,3-5,8-9,13-14H2,1-2H3,(H,23,24,25)/t15-,20?/m0/s1. The number of anilines is 1. The molecule has 28 heavy (non-hydrogen) atoms. The van der Waals surface area contributed by atoms with Crippen LogP contribution in [0, 0.1) is 5.41 Å². The van der Waals surface area contributed by atoms with Crippen molar-refractivity contribution in [1.29, 1.82) is 0 Å². The van der Waals surface area contributed by atoms with Crippen molar-refractivity contribution in [3.8, 4) is 0 Å². The van der Waals surface area contributed by atoms with Gasteiger partial charge in [0.05, 0.1) is 23.5 Å². The lowest BCUT2D eigenvalue weighted by Crippen LogP contribution is -2.34. The Morgan fingerprint density at radius 2 is 1.93 bits per heavy atom. The molecular weight excluding hydrogens is 354 g/mol. The first-order valence-electron chi connectivity index (χ1n) is 9.95. The van der Waals surface area contributed by atoms with Crippen LogP contribution in [0.25, 0.3) is 0 Å². The fourth-order valence-electron chi connectivity index (χ4n) is 4.24. The molecule has 1 amide bonds. The number of carbonyl (C=O) groups is 1. The molecule has 0 bridgehead atoms. The second-order valence-corrected chi connectivity index (χ2v) is 7.89. The van der Waals surface area contributed by atoms with Crippen LogP contribution < -0.4 is 5.32 Å². The van der Waals surface area contributed by atoms with Crippen molar-refractivity contribution in [2.24, 2.45) is 5.41 Å². The number of nitrogens with zero attached hydrogens (tertiary/aromatic N) is 6. The highest BCUT2D eigenvalue weighted by Gasteiger charge is 2.44. The summed E-state index contributed by atoms with van der Waals surface area (Å²) in [6.45, 7) is 9.17. The summed E-state index contributed by atoms with van der Waals surface area (Å²) in [6.07, 6.45) is 10.5. The monoisotopic (exact) mass is 381 g/mol. The molecule has 2 atom stereocenters. The van der Waals surface area contributed by atoms with Crippen molar-refractivity contribution < 1.29 is 4.79 Å². The number of hydrogen-bond acceptors (Lipinski definition) is 7. The highest BCUT2D eigenvalue weighted by atomic mass is 16.2. The molecule has 148 valence electrons. The van der Waals surface area contributed by atoms with E-state index in [0.717, 1.165) is 44.8 Å². The fraction of sp³-hybridized carbons (Fsp3) is 0.550. The maximum Gasteiger partial charge on any atom is 0.257 e. The molecule has 8 nitrogen and oxygen atoms in total. The normalized spacial score (nSPS) is 23.3. The topological polar surface area (TPSA) is 87.1 Å². The van der Waals surface area contributed by atoms with Gasteiger partial charge in [0, 0.05) is 49.8 Å². The summed E-state index contributed by atoms with van der Waals surface area (Å²) in [4.78, 5) is 34.3. The van der Waals surface area contributed by atoms with Crippen LogP contribution in [0.1, 0.15) is 48.8 Å². The number of likely N-dealkylation sites (tertiary alicyclic amines) is 2. The van der Waals surface area contributed by atoms with Crippen molar-refractivity contribution in [3.63, 3.8) is 0 Å². The molecule has 1 unspecified atom stereocenters. The minimum Gasteiger partial charge on any atom is -0.346 e. The number of amides is 1. The predicted molar refractivity (Wildman–Crippen MR) is 106 cm³/mol. The summed E-state index contributed by atoms with van der Waals surface area (Å²) >= 11 is 0. The van der Waals surface area contributed by atoms with Crippen molar-refractivity contribution >= 4 is 11.9 Å². The van der Waals surface area contributed by atoms with E-state index in [9.17, 15) is 4.79 Å². The molecule has 0 saturated carbocycles. The van der Waals surface area contributed by atoms with Crippen LogP contribution in [-0.2, 0) is 0 Å². The number of aromatic nitrogens is 4. The van der Waals surface area contributed by atoms with E-state index in [1.54, 1.807) is 31.0 Å². The Bertz CT molecular complexity index is 813. The quantitative estimate of drug-likeness (QED) is 0.847. The van der Waals surface area contributed by atoms with Crippen LogP contribution >= 0.6 is 0 Å². The van der Waals surface area contributed by atoms with Crippen LogP contribution in [0.3, 0.4) is 0 Å². The molecule has 4 rings (SSSR count). The molecule has 2 aromatic heterocycles. The van der Waals surface area contributed by atoms with Gasteiger partial charge in [-0.05, 0) is 32.9 Å². The molecule has 0 aromatic carbocycles. The molecule has 2 saturated heterocycles. The highest BCUT2D eigenvalue weighted by molar-refractivity contribution is 5.94. The summed E-state index contributed by atoms with van der Waals surface area (Å²) in [5, 5.41) is 3.19. The zero-order valence-electron chi connectivity index (χ0n) is 16.5. The van der Waals surface area contributed by atoms with E-state index in [-0.39, 0.29) is 17.4 Å². The predicted octanol–water partition coefficient (Wildman–Crippen LogP) is 2.00. The summed E-state index contributed by atoms with van der Waals surface area (Å²) in [5.41, 5.74) is 1.63. The van der Waals surface area contributed by atoms with E-state index >= 15 is 0 Å². The van der Waals surface area contributed by atoms with Crippen LogP contribution in [0.15, 0.2) is 31.0 Å². The number of nitrogens with one attached hydrogen (secondary N) is 1. The second kappa shape index (κ2) is 7.79. The fourth-order valence-corrected chi connectivity index (χ4v) is 4.24. The van der Waals surface area contributed by atoms with Gasteiger partial charge in [-0.2, -0.15) is 0 Å². The van der Waals surface area contributed by atoms with Gasteiger partial charge >= 0.3 is 0 Å². The Morgan fingerprint density at radius 1 is 1.14 bits per heavy atom. The summed E-state index contributed by atoms with van der Waals surface area (Å²) in [6, 6.07) is -0.0717. The van der Waals surface area contributed by atoms with E-state index in [1.165, 1.54) is 6.42 Å². The molecule has 2 aliphatic rings. The SMILES string of the molecule is CCN1CCC2(CCN(C(=O)c3cnc(N[C@@H](C)c4cnccn4)nc3)C2)C1. The van der Waals surface area contributed by atoms with Gasteiger partial charge in [0.1, 0.15) is 0 Å². The number of carbonyl (C=O) groups excluding carboxylic acids is 1. The number of rotatable bonds is 5. The summed E-state index contributed by atoms with van der Waals surface area (Å²) in [7, 11) is 0. The first-order valence-corrected chi connectivity index (χ1v) is 9.95. The molecule has 2 aliphatic heterocycles. The summed E-state index contributed by atoms with van der Waals surface area (Å²) < 4.78 is 0. The molecule has 1 N–H and O–H groups in total. The van der Waals surface area contributed by atoms with Gasteiger partial charge in [-0.15, -0.1) is 0 Å². The van der Waals surface area contributed by atoms with Crippen LogP contribution in [0.5, 0.6) is 0 Å². The van der Waals surface area contributed by atoms with E-state index in [2.05, 4.69) is 37.1 Å². The van der Waals surface area contributed by atoms with Crippen molar-refractivity contribution in [2.45, 2.75) is 32.7 Å². The Labute approximate surface area is 165 Å². The van der Waals surface area contributed by atoms with Gasteiger partial charge in [0.15, 0.2) is 0 Å². The van der Waals surface area contributed by atoms with Gasteiger partial charge in [-0.25, -0.2) is 9.97 Å². The van der Waals surface area contributed by atoms with Crippen molar-refractivity contribution in [1.82, 2.24) is 29.7 Å². The molecule has 8 heteroatoms. The molecule has 0 radical (unpaired) electrons. The molecule has 0 aliphatic carbocycles. The Morgan fingerprint density at radius 3 is 2.61 bits per heavy atom. The van der Waals surface area contributed by atoms with Gasteiger partial charge in [-0.1, -0.05) is 6.92 Å². The average Bonchev–Trinajstić information content (AvgIpc) is 3.35. The van der Waals surface area contributed by atoms with Crippen LogP contribution in [-0.4, -0.2) is 68.4 Å². The smallest absolute Gasteiger partial charge is 0.257 e. The zero-order valence-corrected chi connectivity index (χ0v) is 16.5. The van der Waals surface area contributed by atoms with Gasteiger partial charge in [0.2, 0.25) is 5.95 Å². The van der Waals surface area contributed by atoms with Gasteiger partial charge in [-0.3, -0.25) is 14.8 Å². The number of hydrogen-bond donors (Lipinski definition) is 1. The first-order chi connectivity index (χ1) is 13.6. The zero-order chi connectivity index (χ0) is 19.6. The Kier molecular flexibility index (Phi) is 5.21. The maximum atomic E-state index is 12.9. The van der Waals surface area contributed by atoms with E-state index in [4.69, 9.17) is 0 Å². The Balaban J connectivity index is 1.37. The Hall–Kier alpha value is -2.61. The van der Waals surface area contributed by atoms with Crippen LogP contribution in [0.2, 0.25) is 0 Å². The largest absolute Gasteiger partial charge is 0.346 e. The van der Waals surface area contributed by atoms with Gasteiger partial charge < -0.3 is 15.1 Å².